The van der Waals surface area contributed by atoms with Crippen LogP contribution in [0.1, 0.15) is 5.56 Å². The molecule has 0 saturated carbocycles. The highest BCUT2D eigenvalue weighted by Gasteiger charge is 2.21. The molecule has 2 N–H and O–H groups in total. The van der Waals surface area contributed by atoms with Gasteiger partial charge >= 0.3 is 5.69 Å². The number of hydrogen-bond donors (Lipinski definition) is 1. The van der Waals surface area contributed by atoms with Crippen molar-refractivity contribution in [1.82, 2.24) is 0 Å². The molecule has 0 fully saturated rings. The van der Waals surface area contributed by atoms with E-state index in [1.54, 1.807) is 12.1 Å². The molecule has 0 aromatic heterocycles. The highest BCUT2D eigenvalue weighted by Crippen LogP contribution is 2.39. The van der Waals surface area contributed by atoms with Gasteiger partial charge in [-0.1, -0.05) is 18.2 Å². The number of nitro groups is 1. The second kappa shape index (κ2) is 5.98. The van der Waals surface area contributed by atoms with Crippen LogP contribution >= 0.6 is 15.9 Å². The van der Waals surface area contributed by atoms with Crippen LogP contribution in [-0.4, -0.2) is 4.92 Å². The van der Waals surface area contributed by atoms with Crippen molar-refractivity contribution >= 4 is 21.6 Å². The van der Waals surface area contributed by atoms with E-state index in [1.165, 1.54) is 24.3 Å². The second-order valence-electron chi connectivity index (χ2n) is 3.88. The number of ether oxygens (including phenoxy) is 1. The van der Waals surface area contributed by atoms with Crippen LogP contribution < -0.4 is 10.5 Å². The van der Waals surface area contributed by atoms with E-state index < -0.39 is 10.7 Å². The summed E-state index contributed by atoms with van der Waals surface area (Å²) in [5.74, 6) is -0.791. The standard InChI is InChI=1S/C13H10BrFN2O3/c14-9-4-2-6-11(17(18)19)13(9)20-12-8(7-16)3-1-5-10(12)15/h1-6H,7,16H2. The Morgan fingerprint density at radius 1 is 1.25 bits per heavy atom. The maximum Gasteiger partial charge on any atom is 0.312 e. The molecule has 2 aromatic carbocycles. The van der Waals surface area contributed by atoms with Gasteiger partial charge in [0.25, 0.3) is 0 Å². The number of nitro benzene ring substituents is 1. The first-order valence-electron chi connectivity index (χ1n) is 5.62. The molecule has 0 saturated heterocycles. The fourth-order valence-electron chi connectivity index (χ4n) is 1.67. The van der Waals surface area contributed by atoms with Gasteiger partial charge in [-0.3, -0.25) is 10.1 Å². The molecule has 0 aliphatic rings. The minimum atomic E-state index is -0.627. The molecule has 0 atom stereocenters. The van der Waals surface area contributed by atoms with Gasteiger partial charge in [-0.2, -0.15) is 0 Å². The van der Waals surface area contributed by atoms with Gasteiger partial charge < -0.3 is 10.5 Å². The Morgan fingerprint density at radius 3 is 2.60 bits per heavy atom. The molecule has 0 amide bonds. The van der Waals surface area contributed by atoms with Crippen LogP contribution in [0.5, 0.6) is 11.5 Å². The molecule has 2 aromatic rings. The summed E-state index contributed by atoms with van der Waals surface area (Å²) in [5.41, 5.74) is 5.68. The van der Waals surface area contributed by atoms with Crippen molar-refractivity contribution in [2.24, 2.45) is 5.73 Å². The summed E-state index contributed by atoms with van der Waals surface area (Å²) in [6.07, 6.45) is 0. The van der Waals surface area contributed by atoms with Crippen molar-refractivity contribution in [2.75, 3.05) is 0 Å². The van der Waals surface area contributed by atoms with E-state index in [1.807, 2.05) is 0 Å². The first-order chi connectivity index (χ1) is 9.54. The number of para-hydroxylation sites is 2. The summed E-state index contributed by atoms with van der Waals surface area (Å²) in [7, 11) is 0. The van der Waals surface area contributed by atoms with Gasteiger partial charge in [0, 0.05) is 18.2 Å². The molecular formula is C13H10BrFN2O3. The van der Waals surface area contributed by atoms with Gasteiger partial charge in [-0.15, -0.1) is 0 Å². The Bertz CT molecular complexity index is 664. The lowest BCUT2D eigenvalue weighted by Crippen LogP contribution is -2.02. The van der Waals surface area contributed by atoms with Crippen molar-refractivity contribution in [3.63, 3.8) is 0 Å². The molecule has 0 heterocycles. The normalized spacial score (nSPS) is 10.3. The van der Waals surface area contributed by atoms with E-state index in [0.29, 0.717) is 10.0 Å². The van der Waals surface area contributed by atoms with E-state index in [0.717, 1.165) is 0 Å². The molecule has 20 heavy (non-hydrogen) atoms. The highest BCUT2D eigenvalue weighted by molar-refractivity contribution is 9.10. The third kappa shape index (κ3) is 2.78. The van der Waals surface area contributed by atoms with E-state index in [-0.39, 0.29) is 23.7 Å². The highest BCUT2D eigenvalue weighted by atomic mass is 79.9. The van der Waals surface area contributed by atoms with Gasteiger partial charge in [0.2, 0.25) is 5.75 Å². The van der Waals surface area contributed by atoms with E-state index in [2.05, 4.69) is 15.9 Å². The lowest BCUT2D eigenvalue weighted by Gasteiger charge is -2.12. The number of hydrogen-bond acceptors (Lipinski definition) is 4. The number of rotatable bonds is 4. The Kier molecular flexibility index (Phi) is 4.31. The minimum absolute atomic E-state index is 0.0581. The predicted octanol–water partition coefficient (Wildman–Crippen LogP) is 3.75. The molecule has 2 rings (SSSR count). The monoisotopic (exact) mass is 340 g/mol. The van der Waals surface area contributed by atoms with Gasteiger partial charge in [-0.05, 0) is 28.1 Å². The average Bonchev–Trinajstić information content (AvgIpc) is 2.42. The zero-order valence-corrected chi connectivity index (χ0v) is 11.8. The summed E-state index contributed by atoms with van der Waals surface area (Å²) < 4.78 is 19.6. The van der Waals surface area contributed by atoms with E-state index in [9.17, 15) is 14.5 Å². The molecule has 104 valence electrons. The molecule has 0 bridgehead atoms. The topological polar surface area (TPSA) is 78.4 Å². The number of nitrogens with zero attached hydrogens (tertiary/aromatic N) is 1. The first-order valence-corrected chi connectivity index (χ1v) is 6.42. The third-order valence-corrected chi connectivity index (χ3v) is 3.24. The molecule has 0 spiro atoms. The predicted molar refractivity (Wildman–Crippen MR) is 75.2 cm³/mol. The zero-order chi connectivity index (χ0) is 14.7. The Balaban J connectivity index is 2.53. The Labute approximate surface area is 122 Å². The fourth-order valence-corrected chi connectivity index (χ4v) is 2.11. The fraction of sp³-hybridized carbons (Fsp3) is 0.0769. The number of benzene rings is 2. The second-order valence-corrected chi connectivity index (χ2v) is 4.73. The third-order valence-electron chi connectivity index (χ3n) is 2.62. The van der Waals surface area contributed by atoms with Crippen molar-refractivity contribution < 1.29 is 14.1 Å². The van der Waals surface area contributed by atoms with Crippen molar-refractivity contribution in [2.45, 2.75) is 6.54 Å². The first kappa shape index (κ1) is 14.4. The molecular weight excluding hydrogens is 331 g/mol. The number of nitrogens with two attached hydrogens (primary N) is 1. The Morgan fingerprint density at radius 2 is 1.95 bits per heavy atom. The molecule has 5 nitrogen and oxygen atoms in total. The van der Waals surface area contributed by atoms with Crippen LogP contribution in [0.25, 0.3) is 0 Å². The summed E-state index contributed by atoms with van der Waals surface area (Å²) in [6, 6.07) is 8.66. The summed E-state index contributed by atoms with van der Waals surface area (Å²) >= 11 is 3.16. The number of halogens is 2. The molecule has 0 aliphatic heterocycles. The maximum atomic E-state index is 13.8. The molecule has 7 heteroatoms. The molecule has 0 unspecified atom stereocenters. The summed E-state index contributed by atoms with van der Waals surface area (Å²) in [4.78, 5) is 10.4. The van der Waals surface area contributed by atoms with Crippen molar-refractivity contribution in [3.05, 3.63) is 62.4 Å². The van der Waals surface area contributed by atoms with E-state index >= 15 is 0 Å². The minimum Gasteiger partial charge on any atom is -0.445 e. The SMILES string of the molecule is NCc1cccc(F)c1Oc1c(Br)cccc1[N+](=O)[O-]. The van der Waals surface area contributed by atoms with Crippen LogP contribution in [0.2, 0.25) is 0 Å². The van der Waals surface area contributed by atoms with Crippen LogP contribution in [0.15, 0.2) is 40.9 Å². The van der Waals surface area contributed by atoms with Gasteiger partial charge in [-0.25, -0.2) is 4.39 Å². The van der Waals surface area contributed by atoms with Crippen LogP contribution in [0.3, 0.4) is 0 Å². The van der Waals surface area contributed by atoms with Crippen molar-refractivity contribution in [3.8, 4) is 11.5 Å². The van der Waals surface area contributed by atoms with Crippen LogP contribution in [0.4, 0.5) is 10.1 Å². The maximum absolute atomic E-state index is 13.8. The largest absolute Gasteiger partial charge is 0.445 e. The lowest BCUT2D eigenvalue weighted by atomic mass is 10.2. The van der Waals surface area contributed by atoms with Gasteiger partial charge in [0.15, 0.2) is 11.6 Å². The van der Waals surface area contributed by atoms with Crippen LogP contribution in [-0.2, 0) is 6.54 Å². The molecule has 0 aliphatic carbocycles. The lowest BCUT2D eigenvalue weighted by molar-refractivity contribution is -0.385. The zero-order valence-electron chi connectivity index (χ0n) is 10.2. The van der Waals surface area contributed by atoms with E-state index in [4.69, 9.17) is 10.5 Å². The summed E-state index contributed by atoms with van der Waals surface area (Å²) in [5, 5.41) is 11.0. The average molecular weight is 341 g/mol. The summed E-state index contributed by atoms with van der Waals surface area (Å²) in [6.45, 7) is 0.0609. The molecule has 0 radical (unpaired) electrons. The Hall–Kier alpha value is -1.99. The smallest absolute Gasteiger partial charge is 0.312 e. The van der Waals surface area contributed by atoms with Crippen molar-refractivity contribution in [1.29, 1.82) is 0 Å². The van der Waals surface area contributed by atoms with Gasteiger partial charge in [0.05, 0.1) is 9.40 Å². The quantitative estimate of drug-likeness (QED) is 0.679. The van der Waals surface area contributed by atoms with Gasteiger partial charge in [0.1, 0.15) is 0 Å². The van der Waals surface area contributed by atoms with Crippen LogP contribution in [0, 0.1) is 15.9 Å².